The third-order valence-corrected chi connectivity index (χ3v) is 4.92. The van der Waals surface area contributed by atoms with Crippen molar-refractivity contribution >= 4 is 17.2 Å². The molecule has 1 saturated carbocycles. The molecule has 5 heteroatoms. The first-order valence-corrected chi connectivity index (χ1v) is 9.01. The van der Waals surface area contributed by atoms with Gasteiger partial charge in [0, 0.05) is 24.0 Å². The lowest BCUT2D eigenvalue weighted by molar-refractivity contribution is -0.130. The van der Waals surface area contributed by atoms with Gasteiger partial charge in [-0.3, -0.25) is 4.79 Å². The Labute approximate surface area is 140 Å². The normalized spacial score (nSPS) is 14.0. The van der Waals surface area contributed by atoms with Crippen molar-refractivity contribution < 1.29 is 9.18 Å². The molecular formula is C18H21FN2OS. The Kier molecular flexibility index (Phi) is 5.06. The lowest BCUT2D eigenvalue weighted by Crippen LogP contribution is -2.34. The van der Waals surface area contributed by atoms with E-state index in [1.807, 2.05) is 16.3 Å². The highest BCUT2D eigenvalue weighted by Crippen LogP contribution is 2.30. The van der Waals surface area contributed by atoms with Gasteiger partial charge in [-0.05, 0) is 37.3 Å². The quantitative estimate of drug-likeness (QED) is 0.763. The van der Waals surface area contributed by atoms with Gasteiger partial charge >= 0.3 is 0 Å². The average Bonchev–Trinajstić information content (AvgIpc) is 3.23. The van der Waals surface area contributed by atoms with E-state index in [-0.39, 0.29) is 11.7 Å². The molecule has 1 aromatic carbocycles. The molecule has 3 nitrogen and oxygen atoms in total. The van der Waals surface area contributed by atoms with Crippen LogP contribution in [0, 0.1) is 11.7 Å². The van der Waals surface area contributed by atoms with Crippen molar-refractivity contribution in [2.45, 2.75) is 32.6 Å². The Morgan fingerprint density at radius 3 is 2.96 bits per heavy atom. The highest BCUT2D eigenvalue weighted by molar-refractivity contribution is 7.13. The fourth-order valence-electron chi connectivity index (χ4n) is 2.61. The van der Waals surface area contributed by atoms with E-state index in [1.54, 1.807) is 6.07 Å². The van der Waals surface area contributed by atoms with Gasteiger partial charge in [0.1, 0.15) is 10.8 Å². The Hall–Kier alpha value is -1.75. The van der Waals surface area contributed by atoms with Crippen LogP contribution in [0.2, 0.25) is 0 Å². The Bertz CT molecular complexity index is 681. The van der Waals surface area contributed by atoms with Crippen LogP contribution < -0.4 is 0 Å². The van der Waals surface area contributed by atoms with Crippen molar-refractivity contribution in [2.24, 2.45) is 5.92 Å². The van der Waals surface area contributed by atoms with Crippen LogP contribution in [0.4, 0.5) is 4.39 Å². The predicted octanol–water partition coefficient (Wildman–Crippen LogP) is 4.14. The molecule has 122 valence electrons. The SMILES string of the molecule is CCCN(CC1CC1)C(=O)Cc1csc(-c2cccc(F)c2)n1. The number of carbonyl (C=O) groups is 1. The van der Waals surface area contributed by atoms with Crippen LogP contribution in [0.25, 0.3) is 10.6 Å². The van der Waals surface area contributed by atoms with Gasteiger partial charge in [-0.1, -0.05) is 19.1 Å². The summed E-state index contributed by atoms with van der Waals surface area (Å²) in [5.41, 5.74) is 1.54. The molecule has 2 aromatic rings. The first-order valence-electron chi connectivity index (χ1n) is 8.14. The third kappa shape index (κ3) is 4.38. The van der Waals surface area contributed by atoms with Crippen molar-refractivity contribution in [1.29, 1.82) is 0 Å². The van der Waals surface area contributed by atoms with Crippen LogP contribution in [0.3, 0.4) is 0 Å². The van der Waals surface area contributed by atoms with E-state index in [9.17, 15) is 9.18 Å². The molecule has 0 saturated heterocycles. The maximum atomic E-state index is 13.3. The highest BCUT2D eigenvalue weighted by atomic mass is 32.1. The summed E-state index contributed by atoms with van der Waals surface area (Å²) in [5.74, 6) is 0.576. The molecule has 1 heterocycles. The lowest BCUT2D eigenvalue weighted by Gasteiger charge is -2.21. The van der Waals surface area contributed by atoms with E-state index in [1.165, 1.54) is 36.3 Å². The average molecular weight is 332 g/mol. The van der Waals surface area contributed by atoms with Crippen molar-refractivity contribution in [3.8, 4) is 10.6 Å². The summed E-state index contributed by atoms with van der Waals surface area (Å²) in [6, 6.07) is 6.41. The number of hydrogen-bond acceptors (Lipinski definition) is 3. The highest BCUT2D eigenvalue weighted by Gasteiger charge is 2.26. The van der Waals surface area contributed by atoms with Crippen molar-refractivity contribution in [3.05, 3.63) is 41.2 Å². The molecular weight excluding hydrogens is 311 g/mol. The summed E-state index contributed by atoms with van der Waals surface area (Å²) in [4.78, 5) is 19.0. The monoisotopic (exact) mass is 332 g/mol. The second kappa shape index (κ2) is 7.21. The molecule has 0 spiro atoms. The van der Waals surface area contributed by atoms with Gasteiger partial charge in [-0.25, -0.2) is 9.37 Å². The molecule has 0 N–H and O–H groups in total. The molecule has 1 amide bonds. The Balaban J connectivity index is 1.66. The van der Waals surface area contributed by atoms with Gasteiger partial charge in [-0.2, -0.15) is 0 Å². The number of nitrogens with zero attached hydrogens (tertiary/aromatic N) is 2. The van der Waals surface area contributed by atoms with Crippen LogP contribution in [0.1, 0.15) is 31.9 Å². The van der Waals surface area contributed by atoms with Crippen molar-refractivity contribution in [3.63, 3.8) is 0 Å². The summed E-state index contributed by atoms with van der Waals surface area (Å²) >= 11 is 1.46. The molecule has 23 heavy (non-hydrogen) atoms. The van der Waals surface area contributed by atoms with Gasteiger partial charge in [-0.15, -0.1) is 11.3 Å². The van der Waals surface area contributed by atoms with Crippen LogP contribution in [0.15, 0.2) is 29.6 Å². The second-order valence-corrected chi connectivity index (χ2v) is 6.97. The molecule has 1 aliphatic rings. The van der Waals surface area contributed by atoms with E-state index >= 15 is 0 Å². The molecule has 3 rings (SSSR count). The number of amides is 1. The fourth-order valence-corrected chi connectivity index (χ4v) is 3.43. The molecule has 1 fully saturated rings. The maximum absolute atomic E-state index is 13.3. The standard InChI is InChI=1S/C18H21FN2OS/c1-2-8-21(11-13-6-7-13)17(22)10-16-12-23-18(20-16)14-4-3-5-15(19)9-14/h3-5,9,12-13H,2,6-8,10-11H2,1H3. The first-order chi connectivity index (χ1) is 11.2. The summed E-state index contributed by atoms with van der Waals surface area (Å²) < 4.78 is 13.3. The number of halogens is 1. The van der Waals surface area contributed by atoms with E-state index < -0.39 is 0 Å². The van der Waals surface area contributed by atoms with Gasteiger partial charge in [0.05, 0.1) is 12.1 Å². The van der Waals surface area contributed by atoms with Crippen LogP contribution >= 0.6 is 11.3 Å². The topological polar surface area (TPSA) is 33.2 Å². The number of rotatable bonds is 7. The largest absolute Gasteiger partial charge is 0.342 e. The Morgan fingerprint density at radius 1 is 1.43 bits per heavy atom. The molecule has 0 bridgehead atoms. The van der Waals surface area contributed by atoms with Gasteiger partial charge in [0.15, 0.2) is 0 Å². The zero-order valence-corrected chi connectivity index (χ0v) is 14.1. The molecule has 0 unspecified atom stereocenters. The molecule has 1 aliphatic carbocycles. The molecule has 0 atom stereocenters. The zero-order chi connectivity index (χ0) is 16.2. The second-order valence-electron chi connectivity index (χ2n) is 6.11. The fraction of sp³-hybridized carbons (Fsp3) is 0.444. The summed E-state index contributed by atoms with van der Waals surface area (Å²) in [7, 11) is 0. The van der Waals surface area contributed by atoms with E-state index in [2.05, 4.69) is 11.9 Å². The minimum Gasteiger partial charge on any atom is -0.342 e. The van der Waals surface area contributed by atoms with E-state index in [0.717, 1.165) is 35.8 Å². The number of aromatic nitrogens is 1. The predicted molar refractivity (Wildman–Crippen MR) is 90.8 cm³/mol. The first kappa shape index (κ1) is 16.1. The number of hydrogen-bond donors (Lipinski definition) is 0. The smallest absolute Gasteiger partial charge is 0.228 e. The zero-order valence-electron chi connectivity index (χ0n) is 13.3. The van der Waals surface area contributed by atoms with Crippen LogP contribution in [-0.2, 0) is 11.2 Å². The van der Waals surface area contributed by atoms with Crippen molar-refractivity contribution in [1.82, 2.24) is 9.88 Å². The lowest BCUT2D eigenvalue weighted by atomic mass is 10.2. The van der Waals surface area contributed by atoms with Gasteiger partial charge in [0.2, 0.25) is 5.91 Å². The molecule has 0 aliphatic heterocycles. The summed E-state index contributed by atoms with van der Waals surface area (Å²) in [6.07, 6.45) is 3.80. The van der Waals surface area contributed by atoms with Gasteiger partial charge < -0.3 is 4.90 Å². The minimum absolute atomic E-state index is 0.148. The Morgan fingerprint density at radius 2 is 2.26 bits per heavy atom. The maximum Gasteiger partial charge on any atom is 0.228 e. The van der Waals surface area contributed by atoms with E-state index in [4.69, 9.17) is 0 Å². The van der Waals surface area contributed by atoms with E-state index in [0.29, 0.717) is 12.3 Å². The molecule has 0 radical (unpaired) electrons. The van der Waals surface area contributed by atoms with Gasteiger partial charge in [0.25, 0.3) is 0 Å². The summed E-state index contributed by atoms with van der Waals surface area (Å²) in [5, 5.41) is 2.66. The van der Waals surface area contributed by atoms with Crippen LogP contribution in [-0.4, -0.2) is 28.9 Å². The number of thiazole rings is 1. The van der Waals surface area contributed by atoms with Crippen LogP contribution in [0.5, 0.6) is 0 Å². The summed E-state index contributed by atoms with van der Waals surface area (Å²) in [6.45, 7) is 3.79. The minimum atomic E-state index is -0.270. The number of carbonyl (C=O) groups excluding carboxylic acids is 1. The third-order valence-electron chi connectivity index (χ3n) is 3.98. The van der Waals surface area contributed by atoms with Crippen molar-refractivity contribution in [2.75, 3.05) is 13.1 Å². The molecule has 1 aromatic heterocycles. The number of benzene rings is 1.